The van der Waals surface area contributed by atoms with Crippen molar-refractivity contribution in [2.24, 2.45) is 0 Å². The zero-order chi connectivity index (χ0) is 13.4. The van der Waals surface area contributed by atoms with E-state index in [2.05, 4.69) is 10.3 Å². The molecule has 19 heavy (non-hydrogen) atoms. The first kappa shape index (κ1) is 12.0. The van der Waals surface area contributed by atoms with Crippen molar-refractivity contribution in [1.29, 1.82) is 0 Å². The van der Waals surface area contributed by atoms with Gasteiger partial charge in [0, 0.05) is 48.2 Å². The van der Waals surface area contributed by atoms with Crippen LogP contribution in [0.2, 0.25) is 0 Å². The Bertz CT molecular complexity index is 635. The van der Waals surface area contributed by atoms with Gasteiger partial charge in [-0.05, 0) is 25.1 Å². The van der Waals surface area contributed by atoms with E-state index < -0.39 is 0 Å². The molecular weight excluding hydrogens is 245 g/mol. The highest BCUT2D eigenvalue weighted by atomic mass is 19.1. The molecule has 0 fully saturated rings. The van der Waals surface area contributed by atoms with Crippen LogP contribution in [0.1, 0.15) is 18.2 Å². The van der Waals surface area contributed by atoms with Crippen LogP contribution < -0.4 is 5.32 Å². The summed E-state index contributed by atoms with van der Waals surface area (Å²) in [6, 6.07) is 4.68. The van der Waals surface area contributed by atoms with Crippen molar-refractivity contribution in [3.63, 3.8) is 0 Å². The molecule has 100 valence electrons. The summed E-state index contributed by atoms with van der Waals surface area (Å²) in [5.74, 6) is -0.246. The largest absolute Gasteiger partial charge is 0.358 e. The van der Waals surface area contributed by atoms with Gasteiger partial charge >= 0.3 is 6.03 Å². The van der Waals surface area contributed by atoms with Crippen LogP contribution >= 0.6 is 0 Å². The lowest BCUT2D eigenvalue weighted by Crippen LogP contribution is -2.42. The quantitative estimate of drug-likeness (QED) is 0.813. The topological polar surface area (TPSA) is 48.1 Å². The molecule has 0 atom stereocenters. The van der Waals surface area contributed by atoms with Crippen LogP contribution in [0.15, 0.2) is 18.2 Å². The molecule has 2 amide bonds. The van der Waals surface area contributed by atoms with E-state index in [-0.39, 0.29) is 11.8 Å². The summed E-state index contributed by atoms with van der Waals surface area (Å²) in [4.78, 5) is 16.9. The summed E-state index contributed by atoms with van der Waals surface area (Å²) in [5.41, 5.74) is 3.08. The molecule has 0 unspecified atom stereocenters. The fraction of sp³-hybridized carbons (Fsp3) is 0.357. The minimum absolute atomic E-state index is 0.0566. The Kier molecular flexibility index (Phi) is 2.89. The van der Waals surface area contributed by atoms with Gasteiger partial charge in [0.1, 0.15) is 5.82 Å². The number of urea groups is 1. The molecule has 2 heterocycles. The van der Waals surface area contributed by atoms with Gasteiger partial charge in [0.15, 0.2) is 0 Å². The lowest BCUT2D eigenvalue weighted by atomic mass is 10.0. The Morgan fingerprint density at radius 1 is 1.53 bits per heavy atom. The maximum absolute atomic E-state index is 13.4. The second-order valence-electron chi connectivity index (χ2n) is 4.78. The number of hydrogen-bond acceptors (Lipinski definition) is 1. The number of amides is 2. The lowest BCUT2D eigenvalue weighted by molar-refractivity contribution is 0.193. The highest BCUT2D eigenvalue weighted by Gasteiger charge is 2.23. The summed E-state index contributed by atoms with van der Waals surface area (Å²) in [7, 11) is 0. The molecule has 3 rings (SSSR count). The van der Waals surface area contributed by atoms with Crippen molar-refractivity contribution in [2.45, 2.75) is 19.9 Å². The molecule has 4 nitrogen and oxygen atoms in total. The number of nitrogens with one attached hydrogen (secondary N) is 2. The second-order valence-corrected chi connectivity index (χ2v) is 4.78. The highest BCUT2D eigenvalue weighted by molar-refractivity contribution is 5.86. The molecule has 1 aliphatic rings. The van der Waals surface area contributed by atoms with Crippen molar-refractivity contribution in [2.75, 3.05) is 13.1 Å². The Morgan fingerprint density at radius 2 is 2.37 bits per heavy atom. The van der Waals surface area contributed by atoms with Crippen molar-refractivity contribution in [3.05, 3.63) is 35.3 Å². The van der Waals surface area contributed by atoms with Crippen LogP contribution in [0.4, 0.5) is 9.18 Å². The summed E-state index contributed by atoms with van der Waals surface area (Å²) in [5, 5.41) is 3.68. The van der Waals surface area contributed by atoms with Gasteiger partial charge in [-0.15, -0.1) is 0 Å². The van der Waals surface area contributed by atoms with Crippen molar-refractivity contribution in [3.8, 4) is 0 Å². The SMILES string of the molecule is CCNC(=O)N1CCc2[nH]c3ccc(F)cc3c2C1. The number of carbonyl (C=O) groups is 1. The molecule has 0 saturated carbocycles. The van der Waals surface area contributed by atoms with Crippen LogP contribution in [-0.2, 0) is 13.0 Å². The number of H-pyrrole nitrogens is 1. The van der Waals surface area contributed by atoms with E-state index in [0.717, 1.165) is 28.6 Å². The number of fused-ring (bicyclic) bond motifs is 3. The maximum Gasteiger partial charge on any atom is 0.317 e. The van der Waals surface area contributed by atoms with Gasteiger partial charge < -0.3 is 15.2 Å². The van der Waals surface area contributed by atoms with Crippen LogP contribution in [0, 0.1) is 5.82 Å². The number of rotatable bonds is 1. The van der Waals surface area contributed by atoms with Gasteiger partial charge in [0.2, 0.25) is 0 Å². The average molecular weight is 261 g/mol. The molecule has 0 radical (unpaired) electrons. The van der Waals surface area contributed by atoms with Crippen LogP contribution in [0.5, 0.6) is 0 Å². The average Bonchev–Trinajstić information content (AvgIpc) is 2.76. The van der Waals surface area contributed by atoms with E-state index in [1.165, 1.54) is 12.1 Å². The predicted molar refractivity (Wildman–Crippen MR) is 71.4 cm³/mol. The Labute approximate surface area is 110 Å². The molecule has 1 aromatic carbocycles. The fourth-order valence-corrected chi connectivity index (χ4v) is 2.62. The zero-order valence-electron chi connectivity index (χ0n) is 10.8. The smallest absolute Gasteiger partial charge is 0.317 e. The van der Waals surface area contributed by atoms with Gasteiger partial charge in [0.05, 0.1) is 0 Å². The Balaban J connectivity index is 1.97. The molecule has 0 saturated heterocycles. The van der Waals surface area contributed by atoms with E-state index in [1.54, 1.807) is 11.0 Å². The van der Waals surface area contributed by atoms with Gasteiger partial charge in [-0.25, -0.2) is 9.18 Å². The first-order chi connectivity index (χ1) is 9.19. The van der Waals surface area contributed by atoms with E-state index in [4.69, 9.17) is 0 Å². The fourth-order valence-electron chi connectivity index (χ4n) is 2.62. The van der Waals surface area contributed by atoms with Crippen LogP contribution in [-0.4, -0.2) is 29.0 Å². The molecule has 1 aromatic heterocycles. The number of hydrogen-bond donors (Lipinski definition) is 2. The summed E-state index contributed by atoms with van der Waals surface area (Å²) < 4.78 is 13.4. The first-order valence-electron chi connectivity index (χ1n) is 6.50. The lowest BCUT2D eigenvalue weighted by Gasteiger charge is -2.27. The number of aromatic amines is 1. The van der Waals surface area contributed by atoms with Crippen LogP contribution in [0.3, 0.4) is 0 Å². The Hall–Kier alpha value is -2.04. The summed E-state index contributed by atoms with van der Waals surface area (Å²) in [6.07, 6.45) is 0.781. The molecule has 2 aromatic rings. The minimum atomic E-state index is -0.246. The van der Waals surface area contributed by atoms with E-state index in [1.807, 2.05) is 6.92 Å². The number of benzene rings is 1. The van der Waals surface area contributed by atoms with Crippen LogP contribution in [0.25, 0.3) is 10.9 Å². The third-order valence-corrected chi connectivity index (χ3v) is 3.55. The number of halogens is 1. The van der Waals surface area contributed by atoms with Gasteiger partial charge in [-0.1, -0.05) is 0 Å². The molecule has 5 heteroatoms. The molecule has 1 aliphatic heterocycles. The van der Waals surface area contributed by atoms with E-state index in [0.29, 0.717) is 19.6 Å². The molecule has 0 spiro atoms. The summed E-state index contributed by atoms with van der Waals surface area (Å²) in [6.45, 7) is 3.73. The normalized spacial score (nSPS) is 14.5. The van der Waals surface area contributed by atoms with Gasteiger partial charge in [-0.3, -0.25) is 0 Å². The standard InChI is InChI=1S/C14H16FN3O/c1-2-16-14(19)18-6-5-13-11(8-18)10-7-9(15)3-4-12(10)17-13/h3-4,7,17H,2,5-6,8H2,1H3,(H,16,19). The second kappa shape index (κ2) is 4.57. The molecular formula is C14H16FN3O. The van der Waals surface area contributed by atoms with Crippen molar-refractivity contribution >= 4 is 16.9 Å². The highest BCUT2D eigenvalue weighted by Crippen LogP contribution is 2.28. The molecule has 2 N–H and O–H groups in total. The number of carbonyl (C=O) groups excluding carboxylic acids is 1. The Morgan fingerprint density at radius 3 is 3.16 bits per heavy atom. The zero-order valence-corrected chi connectivity index (χ0v) is 10.8. The van der Waals surface area contributed by atoms with Gasteiger partial charge in [0.25, 0.3) is 0 Å². The molecule has 0 bridgehead atoms. The van der Waals surface area contributed by atoms with E-state index >= 15 is 0 Å². The van der Waals surface area contributed by atoms with Gasteiger partial charge in [-0.2, -0.15) is 0 Å². The predicted octanol–water partition coefficient (Wildman–Crippen LogP) is 2.39. The van der Waals surface area contributed by atoms with Crippen molar-refractivity contribution in [1.82, 2.24) is 15.2 Å². The monoisotopic (exact) mass is 261 g/mol. The number of nitrogens with zero attached hydrogens (tertiary/aromatic N) is 1. The van der Waals surface area contributed by atoms with Crippen molar-refractivity contribution < 1.29 is 9.18 Å². The maximum atomic E-state index is 13.4. The molecule has 0 aliphatic carbocycles. The van der Waals surface area contributed by atoms with E-state index in [9.17, 15) is 9.18 Å². The third-order valence-electron chi connectivity index (χ3n) is 3.55. The first-order valence-corrected chi connectivity index (χ1v) is 6.50. The third kappa shape index (κ3) is 2.05. The number of aromatic nitrogens is 1. The summed E-state index contributed by atoms with van der Waals surface area (Å²) >= 11 is 0. The minimum Gasteiger partial charge on any atom is -0.358 e.